The maximum Gasteiger partial charge on any atom is 0.337 e. The van der Waals surface area contributed by atoms with Crippen LogP contribution in [0, 0.1) is 6.92 Å². The van der Waals surface area contributed by atoms with Gasteiger partial charge in [0.05, 0.1) is 18.9 Å². The number of carbonyl (C=O) groups excluding carboxylic acids is 1. The van der Waals surface area contributed by atoms with Crippen molar-refractivity contribution in [1.82, 2.24) is 5.43 Å². The molecule has 0 unspecified atom stereocenters. The Labute approximate surface area is 140 Å². The fourth-order valence-corrected chi connectivity index (χ4v) is 1.99. The van der Waals surface area contributed by atoms with Gasteiger partial charge in [-0.2, -0.15) is 5.10 Å². The Morgan fingerprint density at radius 2 is 1.96 bits per heavy atom. The van der Waals surface area contributed by atoms with Crippen molar-refractivity contribution in [3.63, 3.8) is 0 Å². The van der Waals surface area contributed by atoms with Crippen molar-refractivity contribution in [3.8, 4) is 0 Å². The molecule has 0 aliphatic rings. The van der Waals surface area contributed by atoms with Crippen molar-refractivity contribution in [1.29, 1.82) is 0 Å². The first-order chi connectivity index (χ1) is 11.1. The molecule has 0 aliphatic heterocycles. The lowest BCUT2D eigenvalue weighted by atomic mass is 10.2. The van der Waals surface area contributed by atoms with Gasteiger partial charge in [-0.3, -0.25) is 5.43 Å². The second-order valence-corrected chi connectivity index (χ2v) is 5.22. The van der Waals surface area contributed by atoms with E-state index in [-0.39, 0.29) is 0 Å². The molecule has 0 heterocycles. The number of aryl methyl sites for hydroxylation is 1. The van der Waals surface area contributed by atoms with Crippen LogP contribution < -0.4 is 10.7 Å². The molecule has 23 heavy (non-hydrogen) atoms. The van der Waals surface area contributed by atoms with E-state index in [1.165, 1.54) is 12.7 Å². The molecule has 0 fully saturated rings. The Balaban J connectivity index is 1.92. The summed E-state index contributed by atoms with van der Waals surface area (Å²) < 4.78 is 4.68. The predicted octanol–water partition coefficient (Wildman–Crippen LogP) is 3.10. The zero-order valence-electron chi connectivity index (χ0n) is 12.9. The summed E-state index contributed by atoms with van der Waals surface area (Å²) in [5, 5.41) is 7.36. The van der Waals surface area contributed by atoms with E-state index < -0.39 is 5.97 Å². The Bertz CT molecular complexity index is 727. The highest BCUT2D eigenvalue weighted by Crippen LogP contribution is 2.11. The standard InChI is InChI=1S/C17H17N3O2S/c1-12-6-8-13(9-7-12)11-18-20-17(23)19-15-5-3-4-14(10-15)16(21)22-2/h3-11H,1-2H3,(H2,19,20,23)/b18-11-. The number of hydrazone groups is 1. The van der Waals surface area contributed by atoms with Crippen LogP contribution in [-0.2, 0) is 4.74 Å². The number of methoxy groups -OCH3 is 1. The number of carbonyl (C=O) groups is 1. The normalized spacial score (nSPS) is 10.3. The van der Waals surface area contributed by atoms with Crippen molar-refractivity contribution in [2.24, 2.45) is 5.10 Å². The molecule has 0 saturated heterocycles. The van der Waals surface area contributed by atoms with Gasteiger partial charge in [0.1, 0.15) is 0 Å². The van der Waals surface area contributed by atoms with Crippen LogP contribution in [0.1, 0.15) is 21.5 Å². The first-order valence-corrected chi connectivity index (χ1v) is 7.34. The van der Waals surface area contributed by atoms with E-state index in [4.69, 9.17) is 12.2 Å². The molecule has 0 atom stereocenters. The molecule has 6 heteroatoms. The number of ether oxygens (including phenoxy) is 1. The molecule has 118 valence electrons. The van der Waals surface area contributed by atoms with Crippen LogP contribution in [0.4, 0.5) is 5.69 Å². The van der Waals surface area contributed by atoms with Crippen LogP contribution in [0.3, 0.4) is 0 Å². The van der Waals surface area contributed by atoms with Gasteiger partial charge in [0, 0.05) is 5.69 Å². The average molecular weight is 327 g/mol. The fourth-order valence-electron chi connectivity index (χ4n) is 1.82. The van der Waals surface area contributed by atoms with E-state index in [2.05, 4.69) is 20.6 Å². The number of nitrogens with zero attached hydrogens (tertiary/aromatic N) is 1. The zero-order chi connectivity index (χ0) is 16.7. The topological polar surface area (TPSA) is 62.7 Å². The summed E-state index contributed by atoms with van der Waals surface area (Å²) in [6, 6.07) is 14.8. The third-order valence-electron chi connectivity index (χ3n) is 3.00. The first kappa shape index (κ1) is 16.6. The Morgan fingerprint density at radius 1 is 1.22 bits per heavy atom. The molecule has 0 radical (unpaired) electrons. The summed E-state index contributed by atoms with van der Waals surface area (Å²) in [4.78, 5) is 11.5. The molecule has 0 saturated carbocycles. The van der Waals surface area contributed by atoms with Crippen LogP contribution in [0.2, 0.25) is 0 Å². The minimum atomic E-state index is -0.398. The quantitative estimate of drug-likeness (QED) is 0.391. The van der Waals surface area contributed by atoms with Gasteiger partial charge < -0.3 is 10.1 Å². The van der Waals surface area contributed by atoms with Crippen molar-refractivity contribution in [3.05, 3.63) is 65.2 Å². The number of thiocarbonyl (C=S) groups is 1. The molecule has 0 bridgehead atoms. The zero-order valence-corrected chi connectivity index (χ0v) is 13.7. The molecule has 2 aromatic carbocycles. The van der Waals surface area contributed by atoms with Gasteiger partial charge in [0.2, 0.25) is 0 Å². The average Bonchev–Trinajstić information content (AvgIpc) is 2.56. The fraction of sp³-hybridized carbons (Fsp3) is 0.118. The monoisotopic (exact) mass is 327 g/mol. The van der Waals surface area contributed by atoms with Gasteiger partial charge in [-0.1, -0.05) is 35.9 Å². The van der Waals surface area contributed by atoms with Gasteiger partial charge in [0.15, 0.2) is 5.11 Å². The molecular formula is C17H17N3O2S. The van der Waals surface area contributed by atoms with E-state index >= 15 is 0 Å². The van der Waals surface area contributed by atoms with E-state index in [0.717, 1.165) is 5.56 Å². The molecule has 0 aromatic heterocycles. The molecule has 0 amide bonds. The number of rotatable bonds is 4. The maximum absolute atomic E-state index is 11.5. The molecule has 5 nitrogen and oxygen atoms in total. The van der Waals surface area contributed by atoms with Crippen molar-refractivity contribution >= 4 is 35.2 Å². The SMILES string of the molecule is COC(=O)c1cccc(NC(=S)N/N=C\c2ccc(C)cc2)c1. The largest absolute Gasteiger partial charge is 0.465 e. The van der Waals surface area contributed by atoms with Crippen LogP contribution in [0.5, 0.6) is 0 Å². The number of esters is 1. The summed E-state index contributed by atoms with van der Waals surface area (Å²) >= 11 is 5.16. The summed E-state index contributed by atoms with van der Waals surface area (Å²) in [6.45, 7) is 2.03. The summed E-state index contributed by atoms with van der Waals surface area (Å²) in [7, 11) is 1.34. The van der Waals surface area contributed by atoms with Crippen molar-refractivity contribution < 1.29 is 9.53 Å². The molecule has 2 N–H and O–H groups in total. The van der Waals surface area contributed by atoms with Crippen LogP contribution in [0.25, 0.3) is 0 Å². The first-order valence-electron chi connectivity index (χ1n) is 6.93. The number of hydrogen-bond donors (Lipinski definition) is 2. The molecule has 2 rings (SSSR count). The smallest absolute Gasteiger partial charge is 0.337 e. The Morgan fingerprint density at radius 3 is 2.65 bits per heavy atom. The molecule has 0 aliphatic carbocycles. The highest BCUT2D eigenvalue weighted by Gasteiger charge is 2.05. The van der Waals surface area contributed by atoms with Crippen LogP contribution >= 0.6 is 12.2 Å². The summed E-state index contributed by atoms with van der Waals surface area (Å²) in [6.07, 6.45) is 1.68. The second kappa shape index (κ2) is 8.05. The minimum absolute atomic E-state index is 0.329. The lowest BCUT2D eigenvalue weighted by molar-refractivity contribution is 0.0601. The van der Waals surface area contributed by atoms with Crippen LogP contribution in [-0.4, -0.2) is 24.4 Å². The Hall–Kier alpha value is -2.73. The third-order valence-corrected chi connectivity index (χ3v) is 3.19. The van der Waals surface area contributed by atoms with E-state index in [1.807, 2.05) is 31.2 Å². The highest BCUT2D eigenvalue weighted by atomic mass is 32.1. The van der Waals surface area contributed by atoms with E-state index in [1.54, 1.807) is 30.5 Å². The third kappa shape index (κ3) is 5.19. The molecule has 0 spiro atoms. The lowest BCUT2D eigenvalue weighted by Crippen LogP contribution is -2.24. The van der Waals surface area contributed by atoms with Crippen molar-refractivity contribution in [2.75, 3.05) is 12.4 Å². The summed E-state index contributed by atoms with van der Waals surface area (Å²) in [5.41, 5.74) is 6.02. The van der Waals surface area contributed by atoms with Gasteiger partial charge in [0.25, 0.3) is 0 Å². The van der Waals surface area contributed by atoms with Crippen LogP contribution in [0.15, 0.2) is 53.6 Å². The molecular weight excluding hydrogens is 310 g/mol. The van der Waals surface area contributed by atoms with Gasteiger partial charge in [-0.15, -0.1) is 0 Å². The van der Waals surface area contributed by atoms with E-state index in [9.17, 15) is 4.79 Å². The van der Waals surface area contributed by atoms with Gasteiger partial charge in [-0.25, -0.2) is 4.79 Å². The molecule has 2 aromatic rings. The lowest BCUT2D eigenvalue weighted by Gasteiger charge is -2.08. The highest BCUT2D eigenvalue weighted by molar-refractivity contribution is 7.80. The van der Waals surface area contributed by atoms with Gasteiger partial charge in [-0.05, 0) is 42.9 Å². The summed E-state index contributed by atoms with van der Waals surface area (Å²) in [5.74, 6) is -0.398. The van der Waals surface area contributed by atoms with Crippen molar-refractivity contribution in [2.45, 2.75) is 6.92 Å². The number of nitrogens with one attached hydrogen (secondary N) is 2. The second-order valence-electron chi connectivity index (χ2n) is 4.81. The minimum Gasteiger partial charge on any atom is -0.465 e. The Kier molecular flexibility index (Phi) is 5.82. The van der Waals surface area contributed by atoms with E-state index in [0.29, 0.717) is 16.4 Å². The number of benzene rings is 2. The number of hydrogen-bond acceptors (Lipinski definition) is 4. The predicted molar refractivity (Wildman–Crippen MR) is 95.9 cm³/mol. The number of anilines is 1. The van der Waals surface area contributed by atoms with Gasteiger partial charge >= 0.3 is 5.97 Å². The maximum atomic E-state index is 11.5.